The third kappa shape index (κ3) is 4.95. The molecule has 1 aliphatic rings. The molecule has 0 spiro atoms. The van der Waals surface area contributed by atoms with Gasteiger partial charge in [0.1, 0.15) is 0 Å². The van der Waals surface area contributed by atoms with Crippen molar-refractivity contribution in [2.24, 2.45) is 11.8 Å². The van der Waals surface area contributed by atoms with Crippen LogP contribution in [0.25, 0.3) is 0 Å². The number of aliphatic carboxylic acids is 1. The highest BCUT2D eigenvalue weighted by Gasteiger charge is 2.34. The maximum Gasteiger partial charge on any atom is 0.307 e. The third-order valence-electron chi connectivity index (χ3n) is 5.35. The summed E-state index contributed by atoms with van der Waals surface area (Å²) in [6.07, 6.45) is 4.29. The van der Waals surface area contributed by atoms with Gasteiger partial charge in [-0.25, -0.2) is 0 Å². The zero-order chi connectivity index (χ0) is 21.7. The van der Waals surface area contributed by atoms with Gasteiger partial charge in [0.25, 0.3) is 5.91 Å². The molecule has 3 rings (SSSR count). The minimum absolute atomic E-state index is 0.317. The number of anilines is 2. The highest BCUT2D eigenvalue weighted by Crippen LogP contribution is 2.28. The van der Waals surface area contributed by atoms with Crippen molar-refractivity contribution >= 4 is 29.2 Å². The number of carbonyl (C=O) groups is 3. The highest BCUT2D eigenvalue weighted by atomic mass is 16.4. The first-order valence-corrected chi connectivity index (χ1v) is 10.1. The van der Waals surface area contributed by atoms with Crippen LogP contribution in [0.1, 0.15) is 48.5 Å². The number of allylic oxidation sites excluding steroid dienone is 2. The zero-order valence-corrected chi connectivity index (χ0v) is 17.1. The summed E-state index contributed by atoms with van der Waals surface area (Å²) in [6, 6.07) is 14.3. The number of carbonyl (C=O) groups excluding carboxylic acids is 2. The van der Waals surface area contributed by atoms with Crippen LogP contribution in [0.3, 0.4) is 0 Å². The largest absolute Gasteiger partial charge is 0.481 e. The van der Waals surface area contributed by atoms with Gasteiger partial charge in [0.05, 0.1) is 23.1 Å². The van der Waals surface area contributed by atoms with Crippen molar-refractivity contribution in [3.63, 3.8) is 0 Å². The number of carboxylic acids is 1. The Kier molecular flexibility index (Phi) is 6.67. The van der Waals surface area contributed by atoms with E-state index < -0.39 is 23.7 Å². The van der Waals surface area contributed by atoms with Crippen LogP contribution in [-0.4, -0.2) is 22.9 Å². The minimum Gasteiger partial charge on any atom is -0.481 e. The molecule has 6 nitrogen and oxygen atoms in total. The van der Waals surface area contributed by atoms with E-state index in [4.69, 9.17) is 0 Å². The van der Waals surface area contributed by atoms with Crippen LogP contribution >= 0.6 is 0 Å². The third-order valence-corrected chi connectivity index (χ3v) is 5.35. The SMILES string of the molecule is CC(C)c1ccc(NC(=O)c2ccccc2NC(=O)[C@@H]2CC=CC[C@@H]2C(=O)O)cc1. The molecular formula is C24H26N2O4. The van der Waals surface area contributed by atoms with Crippen molar-refractivity contribution in [1.29, 1.82) is 0 Å². The number of para-hydroxylation sites is 1. The van der Waals surface area contributed by atoms with Gasteiger partial charge in [-0.15, -0.1) is 0 Å². The lowest BCUT2D eigenvalue weighted by molar-refractivity contribution is -0.146. The fourth-order valence-corrected chi connectivity index (χ4v) is 3.54. The highest BCUT2D eigenvalue weighted by molar-refractivity contribution is 6.10. The number of nitrogens with one attached hydrogen (secondary N) is 2. The van der Waals surface area contributed by atoms with Crippen LogP contribution in [-0.2, 0) is 9.59 Å². The van der Waals surface area contributed by atoms with E-state index in [0.29, 0.717) is 35.7 Å². The molecule has 0 unspecified atom stereocenters. The predicted octanol–water partition coefficient (Wildman–Crippen LogP) is 4.67. The van der Waals surface area contributed by atoms with Gasteiger partial charge in [-0.1, -0.05) is 50.3 Å². The molecule has 0 saturated carbocycles. The molecule has 1 aliphatic carbocycles. The fraction of sp³-hybridized carbons (Fsp3) is 0.292. The van der Waals surface area contributed by atoms with Crippen molar-refractivity contribution < 1.29 is 19.5 Å². The first kappa shape index (κ1) is 21.3. The second kappa shape index (κ2) is 9.39. The predicted molar refractivity (Wildman–Crippen MR) is 117 cm³/mol. The standard InChI is InChI=1S/C24H26N2O4/c1-15(2)16-11-13-17(14-12-16)25-23(28)20-9-5-6-10-21(20)26-22(27)18-7-3-4-8-19(18)24(29)30/h3-6,9-15,18-19H,7-8H2,1-2H3,(H,25,28)(H,26,27)(H,29,30)/t18-,19+/m1/s1. The molecule has 6 heteroatoms. The monoisotopic (exact) mass is 406 g/mol. The molecule has 3 N–H and O–H groups in total. The van der Waals surface area contributed by atoms with Crippen LogP contribution in [0.4, 0.5) is 11.4 Å². The van der Waals surface area contributed by atoms with Gasteiger partial charge in [-0.05, 0) is 48.6 Å². The Morgan fingerprint density at radius 2 is 1.53 bits per heavy atom. The molecule has 0 bridgehead atoms. The van der Waals surface area contributed by atoms with Crippen molar-refractivity contribution in [3.8, 4) is 0 Å². The summed E-state index contributed by atoms with van der Waals surface area (Å²) in [5.41, 5.74) is 2.51. The second-order valence-electron chi connectivity index (χ2n) is 7.76. The van der Waals surface area contributed by atoms with Crippen LogP contribution in [0.15, 0.2) is 60.7 Å². The van der Waals surface area contributed by atoms with E-state index in [0.717, 1.165) is 0 Å². The first-order valence-electron chi connectivity index (χ1n) is 10.1. The number of hydrogen-bond donors (Lipinski definition) is 3. The average molecular weight is 406 g/mol. The maximum absolute atomic E-state index is 12.8. The van der Waals surface area contributed by atoms with E-state index in [1.54, 1.807) is 30.3 Å². The number of amides is 2. The van der Waals surface area contributed by atoms with Crippen LogP contribution < -0.4 is 10.6 Å². The Morgan fingerprint density at radius 3 is 2.17 bits per heavy atom. The molecule has 0 saturated heterocycles. The van der Waals surface area contributed by atoms with E-state index in [9.17, 15) is 19.5 Å². The van der Waals surface area contributed by atoms with Gasteiger partial charge in [0.2, 0.25) is 5.91 Å². The quantitative estimate of drug-likeness (QED) is 0.608. The van der Waals surface area contributed by atoms with Crippen LogP contribution in [0, 0.1) is 11.8 Å². The van der Waals surface area contributed by atoms with E-state index in [1.165, 1.54) is 5.56 Å². The minimum atomic E-state index is -0.990. The Bertz CT molecular complexity index is 963. The second-order valence-corrected chi connectivity index (χ2v) is 7.76. The summed E-state index contributed by atoms with van der Waals surface area (Å²) in [7, 11) is 0. The van der Waals surface area contributed by atoms with E-state index in [-0.39, 0.29) is 5.91 Å². The Labute approximate surface area is 176 Å². The van der Waals surface area contributed by atoms with Gasteiger partial charge < -0.3 is 15.7 Å². The zero-order valence-electron chi connectivity index (χ0n) is 17.1. The lowest BCUT2D eigenvalue weighted by Gasteiger charge is -2.24. The number of benzene rings is 2. The van der Waals surface area contributed by atoms with E-state index >= 15 is 0 Å². The Balaban J connectivity index is 1.75. The van der Waals surface area contributed by atoms with E-state index in [1.807, 2.05) is 30.3 Å². The lowest BCUT2D eigenvalue weighted by Crippen LogP contribution is -2.35. The number of hydrogen-bond acceptors (Lipinski definition) is 3. The number of carboxylic acid groups (broad SMARTS) is 1. The summed E-state index contributed by atoms with van der Waals surface area (Å²) in [4.78, 5) is 37.1. The lowest BCUT2D eigenvalue weighted by atomic mass is 9.82. The molecule has 0 radical (unpaired) electrons. The molecule has 0 heterocycles. The molecule has 2 amide bonds. The molecule has 2 aromatic carbocycles. The normalized spacial score (nSPS) is 18.1. The van der Waals surface area contributed by atoms with Crippen molar-refractivity contribution in [2.75, 3.05) is 10.6 Å². The molecule has 0 aliphatic heterocycles. The summed E-state index contributed by atoms with van der Waals surface area (Å²) in [5, 5.41) is 15.0. The van der Waals surface area contributed by atoms with Gasteiger partial charge >= 0.3 is 5.97 Å². The first-order chi connectivity index (χ1) is 14.4. The molecule has 0 fully saturated rings. The van der Waals surface area contributed by atoms with Crippen molar-refractivity contribution in [2.45, 2.75) is 32.6 Å². The fourth-order valence-electron chi connectivity index (χ4n) is 3.54. The molecular weight excluding hydrogens is 380 g/mol. The molecule has 2 atom stereocenters. The van der Waals surface area contributed by atoms with Gasteiger partial charge in [-0.2, -0.15) is 0 Å². The Morgan fingerprint density at radius 1 is 0.900 bits per heavy atom. The molecule has 30 heavy (non-hydrogen) atoms. The summed E-state index contributed by atoms with van der Waals surface area (Å²) in [6.45, 7) is 4.20. The average Bonchev–Trinajstić information content (AvgIpc) is 2.74. The van der Waals surface area contributed by atoms with Gasteiger partial charge in [0, 0.05) is 5.69 Å². The van der Waals surface area contributed by atoms with Gasteiger partial charge in [0.15, 0.2) is 0 Å². The summed E-state index contributed by atoms with van der Waals surface area (Å²) >= 11 is 0. The van der Waals surface area contributed by atoms with Crippen LogP contribution in [0.2, 0.25) is 0 Å². The van der Waals surface area contributed by atoms with Gasteiger partial charge in [-0.3, -0.25) is 14.4 Å². The maximum atomic E-state index is 12.8. The van der Waals surface area contributed by atoms with E-state index in [2.05, 4.69) is 24.5 Å². The molecule has 156 valence electrons. The summed E-state index contributed by atoms with van der Waals surface area (Å²) in [5.74, 6) is -2.78. The number of rotatable bonds is 6. The topological polar surface area (TPSA) is 95.5 Å². The molecule has 2 aromatic rings. The Hall–Kier alpha value is -3.41. The van der Waals surface area contributed by atoms with Crippen molar-refractivity contribution in [1.82, 2.24) is 0 Å². The van der Waals surface area contributed by atoms with Crippen molar-refractivity contribution in [3.05, 3.63) is 71.8 Å². The molecule has 0 aromatic heterocycles. The summed E-state index contributed by atoms with van der Waals surface area (Å²) < 4.78 is 0. The smallest absolute Gasteiger partial charge is 0.307 e. The van der Waals surface area contributed by atoms with Crippen LogP contribution in [0.5, 0.6) is 0 Å².